The van der Waals surface area contributed by atoms with E-state index in [1.807, 2.05) is 0 Å². The second-order valence-corrected chi connectivity index (χ2v) is 16.0. The maximum atomic E-state index is 16.0. The van der Waals surface area contributed by atoms with Crippen LogP contribution in [0.4, 0.5) is 45.2 Å². The van der Waals surface area contributed by atoms with Crippen molar-refractivity contribution in [3.05, 3.63) is 82.7 Å². The normalized spacial score (nSPS) is 11.3. The molecule has 0 saturated carbocycles. The molecule has 0 amide bonds. The molecule has 0 unspecified atom stereocenters. The minimum Gasteiger partial charge on any atom is -0.489 e. The third-order valence-electron chi connectivity index (χ3n) is 10.8. The lowest BCUT2D eigenvalue weighted by atomic mass is 10.0. The van der Waals surface area contributed by atoms with Crippen molar-refractivity contribution in [3.8, 4) is 17.2 Å². The van der Waals surface area contributed by atoms with E-state index >= 15 is 8.78 Å². The highest BCUT2D eigenvalue weighted by Gasteiger charge is 2.35. The van der Waals surface area contributed by atoms with E-state index in [2.05, 4.69) is 13.8 Å². The quantitative estimate of drug-likeness (QED) is 0.0259. The minimum atomic E-state index is -2.33. The van der Waals surface area contributed by atoms with Crippen LogP contribution < -0.4 is 18.9 Å². The molecule has 0 aliphatic rings. The van der Waals surface area contributed by atoms with Crippen LogP contribution in [0.5, 0.6) is 17.2 Å². The molecule has 3 rings (SSSR count). The first kappa shape index (κ1) is 51.6. The molecule has 0 spiro atoms. The fraction of sp³-hybridized carbons (Fsp3) is 0.617. The molecule has 0 saturated heterocycles. The Hall–Kier alpha value is -3.71. The lowest BCUT2D eigenvalue weighted by Gasteiger charge is -2.28. The zero-order valence-corrected chi connectivity index (χ0v) is 36.1. The first-order valence-electron chi connectivity index (χ1n) is 22.7. The first-order valence-corrected chi connectivity index (χ1v) is 22.7. The van der Waals surface area contributed by atoms with Crippen molar-refractivity contribution in [2.45, 2.75) is 174 Å². The standard InChI is InChI=1S/C47H65BF9NO3/c1-3-5-7-9-11-13-15-16-17-19-21-23-25-27-29-58(28-26-24-22-20-18-14-12-10-8-6-4-2)47-42(34-41(53)45(56)46(47)57)61-48(59-35-30-37(49)43(54)38(50)31-35)60-36-32-39(51)44(55)40(52)33-36/h30-34H,3-29H2,1-2H3. The molecule has 0 fully saturated rings. The smallest absolute Gasteiger partial charge is 0.489 e. The molecule has 0 aliphatic heterocycles. The summed E-state index contributed by atoms with van der Waals surface area (Å²) in [7, 11) is -2.33. The average Bonchev–Trinajstić information content (AvgIpc) is 3.22. The summed E-state index contributed by atoms with van der Waals surface area (Å²) in [6.07, 6.45) is 27.3. The molecule has 342 valence electrons. The highest BCUT2D eigenvalue weighted by atomic mass is 19.2. The molecule has 0 N–H and O–H groups in total. The fourth-order valence-electron chi connectivity index (χ4n) is 7.35. The van der Waals surface area contributed by atoms with Gasteiger partial charge in [-0.2, -0.15) is 0 Å². The van der Waals surface area contributed by atoms with Crippen molar-refractivity contribution < 1.29 is 53.5 Å². The molecular weight excluding hydrogens is 808 g/mol. The molecular formula is C47H65BF9NO3. The third kappa shape index (κ3) is 19.1. The van der Waals surface area contributed by atoms with Crippen molar-refractivity contribution >= 4 is 13.0 Å². The number of hydrogen-bond acceptors (Lipinski definition) is 4. The van der Waals surface area contributed by atoms with Crippen LogP contribution in [0.2, 0.25) is 0 Å². The Balaban J connectivity index is 1.77. The Kier molecular flexibility index (Phi) is 25.0. The molecule has 3 aromatic rings. The molecule has 0 atom stereocenters. The van der Waals surface area contributed by atoms with Crippen LogP contribution in [0.3, 0.4) is 0 Å². The molecule has 0 bridgehead atoms. The van der Waals surface area contributed by atoms with Gasteiger partial charge >= 0.3 is 7.32 Å². The number of unbranched alkanes of at least 4 members (excludes halogenated alkanes) is 23. The Bertz CT molecular complexity index is 1600. The zero-order chi connectivity index (χ0) is 44.4. The molecule has 0 radical (unpaired) electrons. The van der Waals surface area contributed by atoms with Gasteiger partial charge in [0, 0.05) is 43.4 Å². The van der Waals surface area contributed by atoms with Crippen molar-refractivity contribution in [2.24, 2.45) is 0 Å². The Morgan fingerprint density at radius 1 is 0.361 bits per heavy atom. The molecule has 61 heavy (non-hydrogen) atoms. The maximum Gasteiger partial charge on any atom is 0.864 e. The van der Waals surface area contributed by atoms with Crippen molar-refractivity contribution in [2.75, 3.05) is 18.0 Å². The summed E-state index contributed by atoms with van der Waals surface area (Å²) in [5.41, 5.74) is -0.495. The molecule has 14 heteroatoms. The van der Waals surface area contributed by atoms with Gasteiger partial charge in [-0.1, -0.05) is 162 Å². The highest BCUT2D eigenvalue weighted by molar-refractivity contribution is 6.39. The summed E-state index contributed by atoms with van der Waals surface area (Å²) in [6, 6.07) is 2.16. The van der Waals surface area contributed by atoms with Crippen LogP contribution in [-0.2, 0) is 0 Å². The monoisotopic (exact) mass is 873 g/mol. The van der Waals surface area contributed by atoms with Gasteiger partial charge in [0.1, 0.15) is 22.9 Å². The van der Waals surface area contributed by atoms with Crippen LogP contribution in [0.25, 0.3) is 0 Å². The Morgan fingerprint density at radius 3 is 0.984 bits per heavy atom. The number of hydrogen-bond donors (Lipinski definition) is 0. The Labute approximate surface area is 358 Å². The summed E-state index contributed by atoms with van der Waals surface area (Å²) in [6.45, 7) is 4.84. The van der Waals surface area contributed by atoms with E-state index in [9.17, 15) is 30.7 Å². The topological polar surface area (TPSA) is 30.9 Å². The second-order valence-electron chi connectivity index (χ2n) is 16.0. The number of nitrogens with zero attached hydrogens (tertiary/aromatic N) is 1. The minimum absolute atomic E-state index is 0.225. The molecule has 3 aromatic carbocycles. The van der Waals surface area contributed by atoms with Gasteiger partial charge in [-0.05, 0) is 12.8 Å². The van der Waals surface area contributed by atoms with Crippen LogP contribution in [0, 0.1) is 52.4 Å². The summed E-state index contributed by atoms with van der Waals surface area (Å²) < 4.78 is 147. The first-order chi connectivity index (χ1) is 29.5. The third-order valence-corrected chi connectivity index (χ3v) is 10.8. The average molecular weight is 874 g/mol. The van der Waals surface area contributed by atoms with Gasteiger partial charge in [-0.15, -0.1) is 0 Å². The van der Waals surface area contributed by atoms with Crippen LogP contribution in [-0.4, -0.2) is 20.4 Å². The SMILES string of the molecule is CCCCCCCCCCCCCCCCN(CCCCCCCCCCCCC)c1c(OB(Oc2cc(F)c(F)c(F)c2)Oc2cc(F)c(F)c(F)c2)cc(F)c(F)c1F. The van der Waals surface area contributed by atoms with Gasteiger partial charge in [-0.3, -0.25) is 0 Å². The van der Waals surface area contributed by atoms with E-state index in [0.29, 0.717) is 43.2 Å². The van der Waals surface area contributed by atoms with Crippen LogP contribution in [0.1, 0.15) is 174 Å². The highest BCUT2D eigenvalue weighted by Crippen LogP contribution is 2.37. The Morgan fingerprint density at radius 2 is 0.656 bits per heavy atom. The van der Waals surface area contributed by atoms with Crippen molar-refractivity contribution in [1.82, 2.24) is 0 Å². The van der Waals surface area contributed by atoms with E-state index in [4.69, 9.17) is 14.0 Å². The van der Waals surface area contributed by atoms with Gasteiger partial charge in [0.2, 0.25) is 0 Å². The number of benzene rings is 3. The second kappa shape index (κ2) is 29.6. The van der Waals surface area contributed by atoms with Crippen molar-refractivity contribution in [1.29, 1.82) is 0 Å². The van der Waals surface area contributed by atoms with Gasteiger partial charge in [0.15, 0.2) is 52.4 Å². The van der Waals surface area contributed by atoms with E-state index < -0.39 is 82.6 Å². The molecule has 0 heterocycles. The van der Waals surface area contributed by atoms with Gasteiger partial charge in [0.05, 0.1) is 0 Å². The molecule has 0 aliphatic carbocycles. The van der Waals surface area contributed by atoms with E-state index in [1.165, 1.54) is 88.4 Å². The van der Waals surface area contributed by atoms with Gasteiger partial charge in [-0.25, -0.2) is 39.5 Å². The fourth-order valence-corrected chi connectivity index (χ4v) is 7.35. The number of anilines is 1. The zero-order valence-electron chi connectivity index (χ0n) is 36.1. The largest absolute Gasteiger partial charge is 0.864 e. The molecule has 0 aromatic heterocycles. The summed E-state index contributed by atoms with van der Waals surface area (Å²) >= 11 is 0. The summed E-state index contributed by atoms with van der Waals surface area (Å²) in [4.78, 5) is 1.53. The lowest BCUT2D eigenvalue weighted by Crippen LogP contribution is -2.38. The number of rotatable bonds is 34. The van der Waals surface area contributed by atoms with E-state index in [1.54, 1.807) is 0 Å². The summed E-state index contributed by atoms with van der Waals surface area (Å²) in [5, 5.41) is 0. The van der Waals surface area contributed by atoms with Crippen LogP contribution >= 0.6 is 0 Å². The van der Waals surface area contributed by atoms with E-state index in [0.717, 1.165) is 64.2 Å². The van der Waals surface area contributed by atoms with Crippen molar-refractivity contribution in [3.63, 3.8) is 0 Å². The lowest BCUT2D eigenvalue weighted by molar-refractivity contribution is 0.299. The van der Waals surface area contributed by atoms with Gasteiger partial charge < -0.3 is 18.9 Å². The van der Waals surface area contributed by atoms with E-state index in [-0.39, 0.29) is 13.1 Å². The van der Waals surface area contributed by atoms with Gasteiger partial charge in [0.25, 0.3) is 0 Å². The number of halogens is 9. The maximum absolute atomic E-state index is 16.0. The summed E-state index contributed by atoms with van der Waals surface area (Å²) in [5.74, 6) is -17.6. The molecule has 4 nitrogen and oxygen atoms in total. The van der Waals surface area contributed by atoms with Crippen LogP contribution in [0.15, 0.2) is 30.3 Å². The predicted molar refractivity (Wildman–Crippen MR) is 226 cm³/mol. The predicted octanol–water partition coefficient (Wildman–Crippen LogP) is 16.1.